The Morgan fingerprint density at radius 2 is 1.58 bits per heavy atom. The zero-order chi connectivity index (χ0) is 16.9. The zero-order valence-corrected chi connectivity index (χ0v) is 14.0. The molecule has 2 heterocycles. The summed E-state index contributed by atoms with van der Waals surface area (Å²) in [4.78, 5) is 20.0. The normalized spacial score (nSPS) is 14.4. The molecule has 0 spiro atoms. The zero-order valence-electron chi connectivity index (χ0n) is 14.0. The Hall–Kier alpha value is -2.76. The number of aromatic nitrogens is 1. The first-order valence-electron chi connectivity index (χ1n) is 8.03. The molecule has 0 unspecified atom stereocenters. The number of carbonyl (C=O) groups is 1. The Morgan fingerprint density at radius 1 is 1.00 bits per heavy atom. The summed E-state index contributed by atoms with van der Waals surface area (Å²) in [6.45, 7) is 5.27. The summed E-state index contributed by atoms with van der Waals surface area (Å²) in [6.07, 6.45) is 1.81. The molecule has 6 nitrogen and oxygen atoms in total. The van der Waals surface area contributed by atoms with Crippen LogP contribution in [0.2, 0.25) is 0 Å². The lowest BCUT2D eigenvalue weighted by Crippen LogP contribution is -2.46. The SMILES string of the molecule is COc1ccc(N2CCN(c3ccc(NC(C)=O)nc3)CC2)cc1. The van der Waals surface area contributed by atoms with E-state index in [9.17, 15) is 4.79 Å². The molecule has 0 aliphatic carbocycles. The van der Waals surface area contributed by atoms with Crippen LogP contribution in [-0.4, -0.2) is 44.2 Å². The predicted octanol–water partition coefficient (Wildman–Crippen LogP) is 2.38. The van der Waals surface area contributed by atoms with E-state index in [1.165, 1.54) is 12.6 Å². The van der Waals surface area contributed by atoms with E-state index in [4.69, 9.17) is 4.74 Å². The summed E-state index contributed by atoms with van der Waals surface area (Å²) < 4.78 is 5.21. The van der Waals surface area contributed by atoms with Crippen LogP contribution in [0.1, 0.15) is 6.92 Å². The molecular formula is C18H22N4O2. The van der Waals surface area contributed by atoms with E-state index in [0.29, 0.717) is 5.82 Å². The largest absolute Gasteiger partial charge is 0.497 e. The fraction of sp³-hybridized carbons (Fsp3) is 0.333. The highest BCUT2D eigenvalue weighted by Gasteiger charge is 2.17. The highest BCUT2D eigenvalue weighted by atomic mass is 16.5. The number of rotatable bonds is 4. The summed E-state index contributed by atoms with van der Waals surface area (Å²) in [5.41, 5.74) is 2.30. The van der Waals surface area contributed by atoms with Gasteiger partial charge >= 0.3 is 0 Å². The standard InChI is InChI=1S/C18H22N4O2/c1-14(23)20-18-8-5-16(13-19-18)22-11-9-21(10-12-22)15-3-6-17(24-2)7-4-15/h3-8,13H,9-12H2,1-2H3,(H,19,20,23). The minimum absolute atomic E-state index is 0.108. The molecule has 1 aromatic carbocycles. The smallest absolute Gasteiger partial charge is 0.222 e. The third-order valence-corrected chi connectivity index (χ3v) is 4.13. The molecule has 3 rings (SSSR count). The summed E-state index contributed by atoms with van der Waals surface area (Å²) in [5, 5.41) is 2.69. The number of amides is 1. The number of carbonyl (C=O) groups excluding carboxylic acids is 1. The third-order valence-electron chi connectivity index (χ3n) is 4.13. The van der Waals surface area contributed by atoms with Crippen molar-refractivity contribution in [3.8, 4) is 5.75 Å². The van der Waals surface area contributed by atoms with Gasteiger partial charge in [0.15, 0.2) is 0 Å². The van der Waals surface area contributed by atoms with Crippen LogP contribution < -0.4 is 19.9 Å². The van der Waals surface area contributed by atoms with E-state index in [0.717, 1.165) is 37.6 Å². The van der Waals surface area contributed by atoms with Gasteiger partial charge in [-0.05, 0) is 36.4 Å². The molecule has 1 amide bonds. The molecule has 1 fully saturated rings. The Labute approximate surface area is 142 Å². The van der Waals surface area contributed by atoms with Crippen molar-refractivity contribution in [2.75, 3.05) is 48.4 Å². The minimum Gasteiger partial charge on any atom is -0.497 e. The van der Waals surface area contributed by atoms with E-state index in [2.05, 4.69) is 32.2 Å². The van der Waals surface area contributed by atoms with Gasteiger partial charge in [0.05, 0.1) is 19.0 Å². The van der Waals surface area contributed by atoms with Gasteiger partial charge in [0.2, 0.25) is 5.91 Å². The highest BCUT2D eigenvalue weighted by molar-refractivity contribution is 5.87. The molecule has 1 aliphatic heterocycles. The van der Waals surface area contributed by atoms with E-state index < -0.39 is 0 Å². The van der Waals surface area contributed by atoms with Crippen molar-refractivity contribution < 1.29 is 9.53 Å². The van der Waals surface area contributed by atoms with Crippen molar-refractivity contribution in [2.24, 2.45) is 0 Å². The minimum atomic E-state index is -0.108. The van der Waals surface area contributed by atoms with E-state index in [1.807, 2.05) is 30.5 Å². The summed E-state index contributed by atoms with van der Waals surface area (Å²) in [5.74, 6) is 1.36. The maximum atomic E-state index is 11.0. The van der Waals surface area contributed by atoms with Gasteiger partial charge in [0.25, 0.3) is 0 Å². The van der Waals surface area contributed by atoms with Crippen molar-refractivity contribution >= 4 is 23.1 Å². The highest BCUT2D eigenvalue weighted by Crippen LogP contribution is 2.23. The number of nitrogens with one attached hydrogen (secondary N) is 1. The second-order valence-corrected chi connectivity index (χ2v) is 5.75. The van der Waals surface area contributed by atoms with Crippen LogP contribution in [0.25, 0.3) is 0 Å². The summed E-state index contributed by atoms with van der Waals surface area (Å²) in [6, 6.07) is 12.0. The van der Waals surface area contributed by atoms with Gasteiger partial charge in [-0.2, -0.15) is 0 Å². The van der Waals surface area contributed by atoms with Gasteiger partial charge in [-0.25, -0.2) is 4.98 Å². The lowest BCUT2D eigenvalue weighted by atomic mass is 10.2. The number of pyridine rings is 1. The van der Waals surface area contributed by atoms with Gasteiger partial charge in [-0.3, -0.25) is 4.79 Å². The molecule has 126 valence electrons. The molecular weight excluding hydrogens is 304 g/mol. The first-order valence-corrected chi connectivity index (χ1v) is 8.03. The molecule has 1 aliphatic rings. The molecule has 0 saturated carbocycles. The van der Waals surface area contributed by atoms with Crippen LogP contribution in [0.15, 0.2) is 42.6 Å². The van der Waals surface area contributed by atoms with E-state index in [-0.39, 0.29) is 5.91 Å². The van der Waals surface area contributed by atoms with Crippen LogP contribution in [0, 0.1) is 0 Å². The van der Waals surface area contributed by atoms with Gasteiger partial charge in [-0.1, -0.05) is 0 Å². The third kappa shape index (κ3) is 3.76. The molecule has 1 N–H and O–H groups in total. The Bertz CT molecular complexity index is 677. The lowest BCUT2D eigenvalue weighted by molar-refractivity contribution is -0.114. The van der Waals surface area contributed by atoms with Gasteiger partial charge in [-0.15, -0.1) is 0 Å². The number of anilines is 3. The number of piperazine rings is 1. The molecule has 0 bridgehead atoms. The van der Waals surface area contributed by atoms with Crippen molar-refractivity contribution in [3.05, 3.63) is 42.6 Å². The molecule has 1 saturated heterocycles. The maximum Gasteiger partial charge on any atom is 0.222 e. The fourth-order valence-electron chi connectivity index (χ4n) is 2.84. The lowest BCUT2D eigenvalue weighted by Gasteiger charge is -2.37. The quantitative estimate of drug-likeness (QED) is 0.935. The second kappa shape index (κ2) is 7.21. The number of hydrogen-bond donors (Lipinski definition) is 1. The van der Waals surface area contributed by atoms with E-state index >= 15 is 0 Å². The molecule has 6 heteroatoms. The van der Waals surface area contributed by atoms with Crippen molar-refractivity contribution in [2.45, 2.75) is 6.92 Å². The Balaban J connectivity index is 1.58. The molecule has 24 heavy (non-hydrogen) atoms. The van der Waals surface area contributed by atoms with Crippen LogP contribution in [0.3, 0.4) is 0 Å². The molecule has 2 aromatic rings. The van der Waals surface area contributed by atoms with Crippen LogP contribution in [0.5, 0.6) is 5.75 Å². The van der Waals surface area contributed by atoms with Crippen molar-refractivity contribution in [1.29, 1.82) is 0 Å². The fourth-order valence-corrected chi connectivity index (χ4v) is 2.84. The molecule has 0 radical (unpaired) electrons. The second-order valence-electron chi connectivity index (χ2n) is 5.75. The monoisotopic (exact) mass is 326 g/mol. The van der Waals surface area contributed by atoms with Gasteiger partial charge < -0.3 is 19.9 Å². The first kappa shape index (κ1) is 16.1. The number of benzene rings is 1. The Morgan fingerprint density at radius 3 is 2.08 bits per heavy atom. The van der Waals surface area contributed by atoms with Crippen LogP contribution >= 0.6 is 0 Å². The number of ether oxygens (including phenoxy) is 1. The summed E-state index contributed by atoms with van der Waals surface area (Å²) >= 11 is 0. The molecule has 0 atom stereocenters. The van der Waals surface area contributed by atoms with Gasteiger partial charge in [0.1, 0.15) is 11.6 Å². The number of methoxy groups -OCH3 is 1. The van der Waals surface area contributed by atoms with Crippen LogP contribution in [0.4, 0.5) is 17.2 Å². The first-order chi connectivity index (χ1) is 11.7. The van der Waals surface area contributed by atoms with Crippen LogP contribution in [-0.2, 0) is 4.79 Å². The summed E-state index contributed by atoms with van der Waals surface area (Å²) in [7, 11) is 1.68. The number of nitrogens with zero attached hydrogens (tertiary/aromatic N) is 3. The van der Waals surface area contributed by atoms with Gasteiger partial charge in [0, 0.05) is 38.8 Å². The Kier molecular flexibility index (Phi) is 4.84. The number of hydrogen-bond acceptors (Lipinski definition) is 5. The predicted molar refractivity (Wildman–Crippen MR) is 96.0 cm³/mol. The average Bonchev–Trinajstić information content (AvgIpc) is 2.62. The van der Waals surface area contributed by atoms with Crippen molar-refractivity contribution in [3.63, 3.8) is 0 Å². The van der Waals surface area contributed by atoms with Crippen molar-refractivity contribution in [1.82, 2.24) is 4.98 Å². The molecule has 1 aromatic heterocycles. The topological polar surface area (TPSA) is 57.7 Å². The average molecular weight is 326 g/mol. The van der Waals surface area contributed by atoms with E-state index in [1.54, 1.807) is 7.11 Å². The maximum absolute atomic E-state index is 11.0.